The molecule has 2 aromatic rings. The van der Waals surface area contributed by atoms with Crippen LogP contribution in [0.2, 0.25) is 0 Å². The highest BCUT2D eigenvalue weighted by Gasteiger charge is 2.18. The molecule has 6 heteroatoms. The second-order valence-electron chi connectivity index (χ2n) is 4.35. The molecule has 0 fully saturated rings. The van der Waals surface area contributed by atoms with Crippen molar-refractivity contribution in [3.8, 4) is 0 Å². The second-order valence-corrected chi connectivity index (χ2v) is 6.98. The summed E-state index contributed by atoms with van der Waals surface area (Å²) < 4.78 is 40.6. The number of benzene rings is 2. The Labute approximate surface area is 126 Å². The number of halogens is 2. The van der Waals surface area contributed by atoms with Crippen LogP contribution in [0, 0.1) is 5.82 Å². The Morgan fingerprint density at radius 3 is 2.15 bits per heavy atom. The Kier molecular flexibility index (Phi) is 4.57. The first-order valence-corrected chi connectivity index (χ1v) is 8.19. The third-order valence-corrected chi connectivity index (χ3v) is 4.91. The van der Waals surface area contributed by atoms with Crippen LogP contribution in [0.5, 0.6) is 0 Å². The smallest absolute Gasteiger partial charge is 0.207 e. The summed E-state index contributed by atoms with van der Waals surface area (Å²) in [4.78, 5) is 0.190. The van der Waals surface area contributed by atoms with Gasteiger partial charge in [0.05, 0.1) is 4.90 Å². The van der Waals surface area contributed by atoms with Gasteiger partial charge in [0.2, 0.25) is 10.0 Å². The average Bonchev–Trinajstić information content (AvgIpc) is 2.39. The van der Waals surface area contributed by atoms with Gasteiger partial charge in [0.1, 0.15) is 5.82 Å². The summed E-state index contributed by atoms with van der Waals surface area (Å²) in [7, 11) is -3.60. The number of sulfonamides is 1. The summed E-state index contributed by atoms with van der Waals surface area (Å²) >= 11 is 3.26. The van der Waals surface area contributed by atoms with Crippen molar-refractivity contribution < 1.29 is 12.8 Å². The lowest BCUT2D eigenvalue weighted by atomic mass is 10.1. The molecule has 0 spiro atoms. The molecular weight excluding hydrogens is 345 g/mol. The van der Waals surface area contributed by atoms with Crippen LogP contribution in [0.15, 0.2) is 57.9 Å². The number of nitrogens with one attached hydrogen (secondary N) is 1. The zero-order chi connectivity index (χ0) is 14.8. The molecule has 2 aromatic carbocycles. The van der Waals surface area contributed by atoms with Crippen molar-refractivity contribution in [2.24, 2.45) is 0 Å². The Balaban J connectivity index is 2.19. The van der Waals surface area contributed by atoms with Crippen molar-refractivity contribution in [3.63, 3.8) is 0 Å². The molecule has 0 aliphatic carbocycles. The van der Waals surface area contributed by atoms with Gasteiger partial charge in [-0.1, -0.05) is 28.1 Å². The van der Waals surface area contributed by atoms with E-state index in [1.54, 1.807) is 31.2 Å². The predicted octanol–water partition coefficient (Wildman–Crippen LogP) is 3.63. The quantitative estimate of drug-likeness (QED) is 0.907. The minimum Gasteiger partial charge on any atom is -0.207 e. The molecule has 0 aliphatic rings. The molecule has 0 saturated carbocycles. The molecule has 0 aromatic heterocycles. The van der Waals surface area contributed by atoms with Crippen molar-refractivity contribution in [2.45, 2.75) is 17.9 Å². The maximum absolute atomic E-state index is 12.8. The molecule has 0 aliphatic heterocycles. The summed E-state index contributed by atoms with van der Waals surface area (Å²) in [6, 6.07) is 11.7. The Morgan fingerprint density at radius 2 is 1.60 bits per heavy atom. The first-order valence-electron chi connectivity index (χ1n) is 5.92. The van der Waals surface area contributed by atoms with Crippen LogP contribution in [0.25, 0.3) is 0 Å². The van der Waals surface area contributed by atoms with Gasteiger partial charge in [0.25, 0.3) is 0 Å². The molecule has 0 saturated heterocycles. The van der Waals surface area contributed by atoms with E-state index in [0.29, 0.717) is 5.56 Å². The molecular formula is C14H13BrFNO2S. The van der Waals surface area contributed by atoms with E-state index < -0.39 is 16.1 Å². The van der Waals surface area contributed by atoms with Crippen LogP contribution in [0.4, 0.5) is 4.39 Å². The number of hydrogen-bond acceptors (Lipinski definition) is 2. The lowest BCUT2D eigenvalue weighted by Gasteiger charge is -2.14. The molecule has 0 amide bonds. The third kappa shape index (κ3) is 3.65. The highest BCUT2D eigenvalue weighted by molar-refractivity contribution is 9.10. The standard InChI is InChI=1S/C14H13BrFNO2S/c1-10(11-2-6-13(16)7-3-11)17-20(18,19)14-8-4-12(15)5-9-14/h2-10,17H,1H3/t10-/m0/s1. The summed E-state index contributed by atoms with van der Waals surface area (Å²) in [5.74, 6) is -0.350. The van der Waals surface area contributed by atoms with Crippen molar-refractivity contribution in [2.75, 3.05) is 0 Å². The average molecular weight is 358 g/mol. The zero-order valence-corrected chi connectivity index (χ0v) is 13.1. The summed E-state index contributed by atoms with van der Waals surface area (Å²) in [5.41, 5.74) is 0.701. The maximum Gasteiger partial charge on any atom is 0.241 e. The van der Waals surface area contributed by atoms with E-state index in [1.807, 2.05) is 0 Å². The largest absolute Gasteiger partial charge is 0.241 e. The summed E-state index contributed by atoms with van der Waals surface area (Å²) in [5, 5.41) is 0. The zero-order valence-electron chi connectivity index (χ0n) is 10.7. The van der Waals surface area contributed by atoms with Crippen LogP contribution in [-0.2, 0) is 10.0 Å². The van der Waals surface area contributed by atoms with Crippen LogP contribution in [0.1, 0.15) is 18.5 Å². The molecule has 0 radical (unpaired) electrons. The molecule has 106 valence electrons. The maximum atomic E-state index is 12.8. The predicted molar refractivity (Wildman–Crippen MR) is 79.3 cm³/mol. The van der Waals surface area contributed by atoms with E-state index in [4.69, 9.17) is 0 Å². The first-order chi connectivity index (χ1) is 9.38. The molecule has 1 N–H and O–H groups in total. The van der Waals surface area contributed by atoms with E-state index in [1.165, 1.54) is 24.3 Å². The van der Waals surface area contributed by atoms with Gasteiger partial charge in [-0.25, -0.2) is 17.5 Å². The molecule has 0 unspecified atom stereocenters. The van der Waals surface area contributed by atoms with Gasteiger partial charge in [-0.05, 0) is 48.9 Å². The van der Waals surface area contributed by atoms with E-state index in [-0.39, 0.29) is 10.7 Å². The van der Waals surface area contributed by atoms with Gasteiger partial charge in [-0.2, -0.15) is 0 Å². The van der Waals surface area contributed by atoms with Gasteiger partial charge in [-0.15, -0.1) is 0 Å². The van der Waals surface area contributed by atoms with E-state index in [0.717, 1.165) is 4.47 Å². The second kappa shape index (κ2) is 6.03. The van der Waals surface area contributed by atoms with Gasteiger partial charge >= 0.3 is 0 Å². The van der Waals surface area contributed by atoms with Crippen LogP contribution < -0.4 is 4.72 Å². The highest BCUT2D eigenvalue weighted by Crippen LogP contribution is 2.19. The SMILES string of the molecule is C[C@H](NS(=O)(=O)c1ccc(Br)cc1)c1ccc(F)cc1. The topological polar surface area (TPSA) is 46.2 Å². The lowest BCUT2D eigenvalue weighted by Crippen LogP contribution is -2.26. The van der Waals surface area contributed by atoms with Crippen LogP contribution in [0.3, 0.4) is 0 Å². The van der Waals surface area contributed by atoms with Crippen molar-refractivity contribution in [3.05, 3.63) is 64.4 Å². The van der Waals surface area contributed by atoms with Gasteiger partial charge < -0.3 is 0 Å². The Bertz CT molecular complexity index is 684. The fourth-order valence-electron chi connectivity index (χ4n) is 1.73. The monoisotopic (exact) mass is 357 g/mol. The van der Waals surface area contributed by atoms with E-state index in [2.05, 4.69) is 20.7 Å². The third-order valence-electron chi connectivity index (χ3n) is 2.83. The van der Waals surface area contributed by atoms with Crippen molar-refractivity contribution in [1.82, 2.24) is 4.72 Å². The molecule has 20 heavy (non-hydrogen) atoms. The Hall–Kier alpha value is -1.24. The molecule has 3 nitrogen and oxygen atoms in total. The van der Waals surface area contributed by atoms with Crippen molar-refractivity contribution in [1.29, 1.82) is 0 Å². The Morgan fingerprint density at radius 1 is 1.05 bits per heavy atom. The van der Waals surface area contributed by atoms with E-state index >= 15 is 0 Å². The normalized spacial score (nSPS) is 13.2. The summed E-state index contributed by atoms with van der Waals surface area (Å²) in [6.45, 7) is 1.71. The minimum absolute atomic E-state index is 0.190. The van der Waals surface area contributed by atoms with Crippen LogP contribution >= 0.6 is 15.9 Å². The van der Waals surface area contributed by atoms with Gasteiger partial charge in [0.15, 0.2) is 0 Å². The molecule has 0 heterocycles. The van der Waals surface area contributed by atoms with E-state index in [9.17, 15) is 12.8 Å². The fourth-order valence-corrected chi connectivity index (χ4v) is 3.23. The summed E-state index contributed by atoms with van der Waals surface area (Å²) in [6.07, 6.45) is 0. The lowest BCUT2D eigenvalue weighted by molar-refractivity contribution is 0.566. The van der Waals surface area contributed by atoms with Gasteiger partial charge in [-0.3, -0.25) is 0 Å². The van der Waals surface area contributed by atoms with Crippen molar-refractivity contribution >= 4 is 26.0 Å². The fraction of sp³-hybridized carbons (Fsp3) is 0.143. The van der Waals surface area contributed by atoms with Gasteiger partial charge in [0, 0.05) is 10.5 Å². The number of rotatable bonds is 4. The minimum atomic E-state index is -3.60. The van der Waals surface area contributed by atoms with Crippen LogP contribution in [-0.4, -0.2) is 8.42 Å². The highest BCUT2D eigenvalue weighted by atomic mass is 79.9. The molecule has 0 bridgehead atoms. The molecule has 1 atom stereocenters. The number of hydrogen-bond donors (Lipinski definition) is 1. The molecule has 2 rings (SSSR count). The first kappa shape index (κ1) is 15.2.